The third-order valence-electron chi connectivity index (χ3n) is 4.02. The maximum Gasteiger partial charge on any atom is 0.269 e. The second-order valence-corrected chi connectivity index (χ2v) is 9.10. The van der Waals surface area contributed by atoms with E-state index in [2.05, 4.69) is 20.9 Å². The summed E-state index contributed by atoms with van der Waals surface area (Å²) in [6, 6.07) is 13.5. The fourth-order valence-electron chi connectivity index (χ4n) is 2.62. The minimum Gasteiger partial charge on any atom is -0.337 e. The molecule has 0 aromatic heterocycles. The van der Waals surface area contributed by atoms with Crippen LogP contribution in [-0.4, -0.2) is 30.1 Å². The lowest BCUT2D eigenvalue weighted by Gasteiger charge is -2.14. The number of benzene rings is 2. The van der Waals surface area contributed by atoms with E-state index < -0.39 is 0 Å². The first-order valence-corrected chi connectivity index (χ1v) is 10.5. The summed E-state index contributed by atoms with van der Waals surface area (Å²) in [5, 5.41) is 2.26. The number of likely N-dealkylation sites (N-methyl/N-ethyl adjacent to an activating group) is 1. The van der Waals surface area contributed by atoms with E-state index in [-0.39, 0.29) is 5.91 Å². The predicted molar refractivity (Wildman–Crippen MR) is 114 cm³/mol. The first kappa shape index (κ1) is 18.0. The zero-order chi connectivity index (χ0) is 18.4. The second-order valence-electron chi connectivity index (χ2n) is 5.74. The van der Waals surface area contributed by atoms with E-state index >= 15 is 0 Å². The van der Waals surface area contributed by atoms with Gasteiger partial charge in [-0.15, -0.1) is 0 Å². The number of nitrogens with zero attached hydrogens (tertiary/aromatic N) is 3. The monoisotopic (exact) mass is 465 g/mol. The summed E-state index contributed by atoms with van der Waals surface area (Å²) in [6.07, 6.45) is 0. The van der Waals surface area contributed by atoms with Crippen LogP contribution in [0.5, 0.6) is 0 Å². The SMILES string of the molecule is CN1C(=O)C(=C2Sc3ccc(Cl)cc3N2C)SC1=Nc1ccc(Br)cc1. The lowest BCUT2D eigenvalue weighted by atomic mass is 10.3. The molecule has 4 nitrogen and oxygen atoms in total. The van der Waals surface area contributed by atoms with Crippen LogP contribution >= 0.6 is 51.1 Å². The molecule has 2 aliphatic rings. The Labute approximate surface area is 173 Å². The van der Waals surface area contributed by atoms with Crippen LogP contribution in [0.25, 0.3) is 0 Å². The molecule has 1 amide bonds. The molecule has 1 fully saturated rings. The van der Waals surface area contributed by atoms with Crippen molar-refractivity contribution in [3.63, 3.8) is 0 Å². The number of fused-ring (bicyclic) bond motifs is 1. The van der Waals surface area contributed by atoms with E-state index in [1.165, 1.54) is 11.8 Å². The lowest BCUT2D eigenvalue weighted by molar-refractivity contribution is -0.121. The number of carbonyl (C=O) groups excluding carboxylic acids is 1. The summed E-state index contributed by atoms with van der Waals surface area (Å²) in [5.41, 5.74) is 1.82. The highest BCUT2D eigenvalue weighted by Gasteiger charge is 2.37. The van der Waals surface area contributed by atoms with Gasteiger partial charge < -0.3 is 4.90 Å². The summed E-state index contributed by atoms with van der Waals surface area (Å²) in [4.78, 5) is 22.8. The number of amidine groups is 1. The molecule has 8 heteroatoms. The van der Waals surface area contributed by atoms with Crippen LogP contribution in [0.4, 0.5) is 11.4 Å². The zero-order valence-electron chi connectivity index (χ0n) is 13.9. The fraction of sp³-hybridized carbons (Fsp3) is 0.111. The van der Waals surface area contributed by atoms with Crippen LogP contribution in [0.3, 0.4) is 0 Å². The third kappa shape index (κ3) is 3.17. The maximum atomic E-state index is 12.8. The van der Waals surface area contributed by atoms with Crippen LogP contribution in [-0.2, 0) is 4.79 Å². The number of rotatable bonds is 1. The molecule has 132 valence electrons. The van der Waals surface area contributed by atoms with Gasteiger partial charge in [-0.2, -0.15) is 0 Å². The van der Waals surface area contributed by atoms with Crippen molar-refractivity contribution in [3.05, 3.63) is 61.9 Å². The van der Waals surface area contributed by atoms with Crippen molar-refractivity contribution in [3.8, 4) is 0 Å². The Morgan fingerprint density at radius 1 is 1.04 bits per heavy atom. The summed E-state index contributed by atoms with van der Waals surface area (Å²) in [6.45, 7) is 0. The van der Waals surface area contributed by atoms with E-state index in [0.717, 1.165) is 25.8 Å². The highest BCUT2D eigenvalue weighted by atomic mass is 79.9. The lowest BCUT2D eigenvalue weighted by Crippen LogP contribution is -2.24. The average Bonchev–Trinajstić information content (AvgIpc) is 3.08. The normalized spacial score (nSPS) is 21.1. The standard InChI is InChI=1S/C18H13BrClN3OS2/c1-22-13-9-11(20)5-8-14(13)25-17(22)15-16(24)23(2)18(26-15)21-12-6-3-10(19)4-7-12/h3-9H,1-2H3. The molecule has 2 heterocycles. The van der Waals surface area contributed by atoms with E-state index in [1.807, 2.05) is 54.4 Å². The number of carbonyl (C=O) groups is 1. The number of hydrogen-bond donors (Lipinski definition) is 0. The highest BCUT2D eigenvalue weighted by Crippen LogP contribution is 2.50. The first-order valence-electron chi connectivity index (χ1n) is 7.69. The largest absolute Gasteiger partial charge is 0.337 e. The Morgan fingerprint density at radius 2 is 1.77 bits per heavy atom. The second kappa shape index (κ2) is 6.96. The van der Waals surface area contributed by atoms with Crippen molar-refractivity contribution in [2.45, 2.75) is 4.90 Å². The minimum absolute atomic E-state index is 0.0425. The van der Waals surface area contributed by atoms with Gasteiger partial charge in [0.15, 0.2) is 5.17 Å². The zero-order valence-corrected chi connectivity index (χ0v) is 17.8. The summed E-state index contributed by atoms with van der Waals surface area (Å²) in [7, 11) is 3.71. The topological polar surface area (TPSA) is 35.9 Å². The number of thioether (sulfide) groups is 2. The van der Waals surface area contributed by atoms with Gasteiger partial charge in [-0.1, -0.05) is 39.3 Å². The van der Waals surface area contributed by atoms with Crippen molar-refractivity contribution >= 4 is 73.5 Å². The molecule has 0 saturated carbocycles. The minimum atomic E-state index is -0.0425. The number of halogens is 2. The molecule has 4 rings (SSSR count). The smallest absolute Gasteiger partial charge is 0.269 e. The van der Waals surface area contributed by atoms with Crippen LogP contribution < -0.4 is 4.90 Å². The van der Waals surface area contributed by atoms with Crippen molar-refractivity contribution in [2.24, 2.45) is 4.99 Å². The van der Waals surface area contributed by atoms with Gasteiger partial charge in [0, 0.05) is 28.5 Å². The number of hydrogen-bond acceptors (Lipinski definition) is 5. The first-order chi connectivity index (χ1) is 12.4. The van der Waals surface area contributed by atoms with Gasteiger partial charge in [-0.3, -0.25) is 9.69 Å². The van der Waals surface area contributed by atoms with Gasteiger partial charge in [-0.25, -0.2) is 4.99 Å². The molecule has 0 aliphatic carbocycles. The Morgan fingerprint density at radius 3 is 2.50 bits per heavy atom. The average molecular weight is 467 g/mol. The molecule has 0 atom stereocenters. The van der Waals surface area contributed by atoms with E-state index in [1.54, 1.807) is 23.7 Å². The van der Waals surface area contributed by atoms with Gasteiger partial charge in [0.05, 0.1) is 16.4 Å². The molecule has 2 aromatic carbocycles. The molecule has 0 spiro atoms. The number of aliphatic imine (C=N–C) groups is 1. The molecule has 0 radical (unpaired) electrons. The van der Waals surface area contributed by atoms with E-state index in [9.17, 15) is 4.79 Å². The van der Waals surface area contributed by atoms with Crippen molar-refractivity contribution < 1.29 is 4.79 Å². The van der Waals surface area contributed by atoms with Crippen LogP contribution in [0, 0.1) is 0 Å². The van der Waals surface area contributed by atoms with Gasteiger partial charge in [0.2, 0.25) is 0 Å². The molecule has 26 heavy (non-hydrogen) atoms. The molecule has 2 aromatic rings. The van der Waals surface area contributed by atoms with E-state index in [0.29, 0.717) is 15.1 Å². The van der Waals surface area contributed by atoms with Crippen LogP contribution in [0.1, 0.15) is 0 Å². The summed E-state index contributed by atoms with van der Waals surface area (Å²) < 4.78 is 0.994. The molecule has 2 aliphatic heterocycles. The Hall–Kier alpha value is -1.41. The highest BCUT2D eigenvalue weighted by molar-refractivity contribution is 9.10. The molecule has 1 saturated heterocycles. The predicted octanol–water partition coefficient (Wildman–Crippen LogP) is 5.71. The Bertz CT molecular complexity index is 975. The molecule has 0 N–H and O–H groups in total. The van der Waals surface area contributed by atoms with Crippen molar-refractivity contribution in [1.82, 2.24) is 4.90 Å². The fourth-order valence-corrected chi connectivity index (χ4v) is 5.36. The van der Waals surface area contributed by atoms with Gasteiger partial charge >= 0.3 is 0 Å². The third-order valence-corrected chi connectivity index (χ3v) is 7.27. The van der Waals surface area contributed by atoms with Crippen LogP contribution in [0.2, 0.25) is 5.02 Å². The number of amides is 1. The molecular formula is C18H13BrClN3OS2. The Balaban J connectivity index is 1.69. The number of anilines is 1. The van der Waals surface area contributed by atoms with Crippen LogP contribution in [0.15, 0.2) is 66.8 Å². The summed E-state index contributed by atoms with van der Waals surface area (Å²) >= 11 is 12.5. The van der Waals surface area contributed by atoms with Gasteiger partial charge in [0.1, 0.15) is 4.91 Å². The van der Waals surface area contributed by atoms with Crippen molar-refractivity contribution in [1.29, 1.82) is 0 Å². The Kier molecular flexibility index (Phi) is 4.81. The van der Waals surface area contributed by atoms with Gasteiger partial charge in [-0.05, 0) is 54.2 Å². The quantitative estimate of drug-likeness (QED) is 0.505. The van der Waals surface area contributed by atoms with Crippen molar-refractivity contribution in [2.75, 3.05) is 19.0 Å². The molecule has 0 unspecified atom stereocenters. The maximum absolute atomic E-state index is 12.8. The van der Waals surface area contributed by atoms with Gasteiger partial charge in [0.25, 0.3) is 5.91 Å². The molecule has 0 bridgehead atoms. The molecular weight excluding hydrogens is 454 g/mol. The van der Waals surface area contributed by atoms with E-state index in [4.69, 9.17) is 11.6 Å². The summed E-state index contributed by atoms with van der Waals surface area (Å²) in [5.74, 6) is -0.0425.